The van der Waals surface area contributed by atoms with Gasteiger partial charge in [-0.1, -0.05) is 23.2 Å². The molecule has 3 aromatic rings. The Morgan fingerprint density at radius 1 is 1.19 bits per heavy atom. The van der Waals surface area contributed by atoms with Gasteiger partial charge in [-0.15, -0.1) is 12.3 Å². The molecule has 12 heteroatoms. The van der Waals surface area contributed by atoms with Crippen LogP contribution in [0.5, 0.6) is 0 Å². The van der Waals surface area contributed by atoms with E-state index in [4.69, 9.17) is 39.7 Å². The zero-order valence-electron chi connectivity index (χ0n) is 20.2. The molecule has 2 aliphatic heterocycles. The smallest absolute Gasteiger partial charge is 0.256 e. The molecule has 2 fully saturated rings. The van der Waals surface area contributed by atoms with Crippen LogP contribution in [0, 0.1) is 18.3 Å². The van der Waals surface area contributed by atoms with Crippen LogP contribution in [0.2, 0.25) is 10.0 Å². The zero-order chi connectivity index (χ0) is 26.3. The van der Waals surface area contributed by atoms with Gasteiger partial charge in [-0.3, -0.25) is 9.52 Å². The van der Waals surface area contributed by atoms with Gasteiger partial charge >= 0.3 is 0 Å². The monoisotopic (exact) mass is 560 g/mol. The topological polar surface area (TPSA) is 99.9 Å². The van der Waals surface area contributed by atoms with E-state index in [2.05, 4.69) is 15.5 Å². The van der Waals surface area contributed by atoms with Crippen LogP contribution < -0.4 is 9.62 Å². The Bertz CT molecular complexity index is 1520. The first-order chi connectivity index (χ1) is 17.6. The maximum Gasteiger partial charge on any atom is 0.256 e. The molecule has 2 saturated heterocycles. The highest BCUT2D eigenvalue weighted by Crippen LogP contribution is 2.36. The van der Waals surface area contributed by atoms with E-state index in [1.807, 2.05) is 18.3 Å². The van der Waals surface area contributed by atoms with Gasteiger partial charge in [-0.05, 0) is 43.9 Å². The Balaban J connectivity index is 1.47. The highest BCUT2D eigenvalue weighted by atomic mass is 35.5. The number of hydrogen-bond donors (Lipinski definition) is 1. The number of anilines is 2. The number of piperidine rings is 1. The summed E-state index contributed by atoms with van der Waals surface area (Å²) in [5, 5.41) is 5.01. The Labute approximate surface area is 225 Å². The molecule has 1 N–H and O–H groups in total. The molecular weight excluding hydrogens is 535 g/mol. The summed E-state index contributed by atoms with van der Waals surface area (Å²) in [5.74, 6) is 3.52. The Morgan fingerprint density at radius 3 is 2.73 bits per heavy atom. The van der Waals surface area contributed by atoms with Crippen molar-refractivity contribution in [3.63, 3.8) is 0 Å². The quantitative estimate of drug-likeness (QED) is 0.468. The fourth-order valence-electron chi connectivity index (χ4n) is 5.00. The lowest BCUT2D eigenvalue weighted by Gasteiger charge is -2.35. The summed E-state index contributed by atoms with van der Waals surface area (Å²) in [6.07, 6.45) is 11.8. The molecule has 2 atom stereocenters. The van der Waals surface area contributed by atoms with Gasteiger partial charge in [0.2, 0.25) is 10.0 Å². The molecule has 194 valence electrons. The molecule has 9 nitrogen and oxygen atoms in total. The van der Waals surface area contributed by atoms with Crippen molar-refractivity contribution in [1.82, 2.24) is 19.5 Å². The highest BCUT2D eigenvalue weighted by Gasteiger charge is 2.33. The number of carbonyl (C=O) groups is 1. The Hall–Kier alpha value is -3.00. The third-order valence-electron chi connectivity index (χ3n) is 6.75. The second-order valence-corrected chi connectivity index (χ2v) is 12.0. The van der Waals surface area contributed by atoms with Crippen LogP contribution in [0.4, 0.5) is 11.5 Å². The van der Waals surface area contributed by atoms with Crippen molar-refractivity contribution in [1.29, 1.82) is 0 Å². The van der Waals surface area contributed by atoms with Gasteiger partial charge in [0.1, 0.15) is 5.82 Å². The van der Waals surface area contributed by atoms with Gasteiger partial charge in [-0.25, -0.2) is 17.9 Å². The SMILES string of the molecule is C#CC1CCN(c2ccn3nc([C@H]4CCCCN4C(=O)c4cc(Cl)cc(Cl)c4NS(C)(=O)=O)cc3n2)C1. The number of benzene rings is 1. The second kappa shape index (κ2) is 10.0. The molecule has 5 rings (SSSR count). The van der Waals surface area contributed by atoms with Crippen LogP contribution in [0.1, 0.15) is 47.8 Å². The van der Waals surface area contributed by atoms with Crippen molar-refractivity contribution in [2.24, 2.45) is 5.92 Å². The lowest BCUT2D eigenvalue weighted by molar-refractivity contribution is 0.0607. The summed E-state index contributed by atoms with van der Waals surface area (Å²) < 4.78 is 28.0. The standard InChI is InChI=1S/C25H26Cl2N6O3S/c1-3-16-7-10-31(15-16)22-8-11-33-23(28-22)14-20(29-33)21-6-4-5-9-32(21)25(34)18-12-17(26)13-19(27)24(18)30-37(2,35)36/h1,8,11-14,16,21,30H,4-7,9-10,15H2,2H3/t16?,21-/m1/s1. The average Bonchev–Trinajstić information content (AvgIpc) is 3.51. The summed E-state index contributed by atoms with van der Waals surface area (Å²) in [5.41, 5.74) is 1.50. The predicted octanol–water partition coefficient (Wildman–Crippen LogP) is 4.23. The van der Waals surface area contributed by atoms with Gasteiger partial charge in [0, 0.05) is 42.8 Å². The molecule has 1 unspecified atom stereocenters. The van der Waals surface area contributed by atoms with Crippen LogP contribution in [-0.4, -0.2) is 59.7 Å². The molecule has 2 aliphatic rings. The Kier molecular flexibility index (Phi) is 6.96. The van der Waals surface area contributed by atoms with E-state index >= 15 is 0 Å². The van der Waals surface area contributed by atoms with Gasteiger partial charge in [-0.2, -0.15) is 5.10 Å². The molecule has 1 aromatic carbocycles. The number of nitrogens with zero attached hydrogens (tertiary/aromatic N) is 5. The zero-order valence-corrected chi connectivity index (χ0v) is 22.5. The number of fused-ring (bicyclic) bond motifs is 1. The van der Waals surface area contributed by atoms with Crippen molar-refractivity contribution in [2.45, 2.75) is 31.7 Å². The first kappa shape index (κ1) is 25.6. The molecule has 37 heavy (non-hydrogen) atoms. The minimum absolute atomic E-state index is 0.0140. The fourth-order valence-corrected chi connectivity index (χ4v) is 6.19. The van der Waals surface area contributed by atoms with Crippen molar-refractivity contribution in [3.8, 4) is 12.3 Å². The number of carbonyl (C=O) groups excluding carboxylic acids is 1. The number of terminal acetylenes is 1. The summed E-state index contributed by atoms with van der Waals surface area (Å²) >= 11 is 12.5. The lowest BCUT2D eigenvalue weighted by Crippen LogP contribution is -2.39. The third-order valence-corrected chi connectivity index (χ3v) is 7.85. The van der Waals surface area contributed by atoms with Gasteiger partial charge in [0.25, 0.3) is 5.91 Å². The van der Waals surface area contributed by atoms with E-state index < -0.39 is 10.0 Å². The first-order valence-corrected chi connectivity index (χ1v) is 14.6. The predicted molar refractivity (Wildman–Crippen MR) is 145 cm³/mol. The number of nitrogens with one attached hydrogen (secondary N) is 1. The number of rotatable bonds is 5. The highest BCUT2D eigenvalue weighted by molar-refractivity contribution is 7.92. The van der Waals surface area contributed by atoms with Crippen LogP contribution in [0.25, 0.3) is 5.65 Å². The molecule has 4 heterocycles. The molecule has 0 radical (unpaired) electrons. The maximum atomic E-state index is 13.8. The molecular formula is C25H26Cl2N6O3S. The molecule has 0 bridgehead atoms. The van der Waals surface area contributed by atoms with Gasteiger partial charge in [0.15, 0.2) is 5.65 Å². The summed E-state index contributed by atoms with van der Waals surface area (Å²) in [4.78, 5) is 22.5. The Morgan fingerprint density at radius 2 is 2.00 bits per heavy atom. The number of likely N-dealkylation sites (tertiary alicyclic amines) is 1. The number of aromatic nitrogens is 3. The number of sulfonamides is 1. The first-order valence-electron chi connectivity index (χ1n) is 12.0. The summed E-state index contributed by atoms with van der Waals surface area (Å²) in [6.45, 7) is 2.12. The van der Waals surface area contributed by atoms with E-state index in [0.717, 1.165) is 44.4 Å². The van der Waals surface area contributed by atoms with E-state index in [9.17, 15) is 13.2 Å². The molecule has 0 aliphatic carbocycles. The summed E-state index contributed by atoms with van der Waals surface area (Å²) in [6, 6.07) is 6.34. The summed E-state index contributed by atoms with van der Waals surface area (Å²) in [7, 11) is -3.69. The third kappa shape index (κ3) is 5.35. The lowest BCUT2D eigenvalue weighted by atomic mass is 9.98. The van der Waals surface area contributed by atoms with E-state index in [0.29, 0.717) is 24.3 Å². The van der Waals surface area contributed by atoms with Gasteiger partial charge in [0.05, 0.1) is 34.3 Å². The van der Waals surface area contributed by atoms with Crippen LogP contribution in [0.15, 0.2) is 30.5 Å². The molecule has 0 saturated carbocycles. The van der Waals surface area contributed by atoms with E-state index in [1.165, 1.54) is 12.1 Å². The van der Waals surface area contributed by atoms with E-state index in [-0.39, 0.29) is 39.2 Å². The largest absolute Gasteiger partial charge is 0.355 e. The van der Waals surface area contributed by atoms with Crippen LogP contribution in [0.3, 0.4) is 0 Å². The molecule has 2 aromatic heterocycles. The average molecular weight is 561 g/mol. The van der Waals surface area contributed by atoms with Crippen molar-refractivity contribution < 1.29 is 13.2 Å². The van der Waals surface area contributed by atoms with E-state index in [1.54, 1.807) is 9.42 Å². The molecule has 1 amide bonds. The van der Waals surface area contributed by atoms with Crippen LogP contribution in [-0.2, 0) is 10.0 Å². The van der Waals surface area contributed by atoms with Crippen molar-refractivity contribution in [2.75, 3.05) is 35.5 Å². The van der Waals surface area contributed by atoms with Crippen molar-refractivity contribution in [3.05, 3.63) is 51.8 Å². The molecule has 0 spiro atoms. The second-order valence-electron chi connectivity index (χ2n) is 9.45. The van der Waals surface area contributed by atoms with Crippen molar-refractivity contribution >= 4 is 56.3 Å². The normalized spacial score (nSPS) is 20.3. The number of halogens is 2. The maximum absolute atomic E-state index is 13.8. The van der Waals surface area contributed by atoms with Gasteiger partial charge < -0.3 is 9.80 Å². The number of amides is 1. The number of hydrogen-bond acceptors (Lipinski definition) is 6. The fraction of sp³-hybridized carbons (Fsp3) is 0.400. The minimum Gasteiger partial charge on any atom is -0.355 e. The van der Waals surface area contributed by atoms with Crippen LogP contribution >= 0.6 is 23.2 Å². The minimum atomic E-state index is -3.69.